The smallest absolute Gasteiger partial charge is 0.438 e. The van der Waals surface area contributed by atoms with Gasteiger partial charge >= 0.3 is 6.16 Å². The second-order valence-corrected chi connectivity index (χ2v) is 3.69. The van der Waals surface area contributed by atoms with E-state index >= 15 is 0 Å². The monoisotopic (exact) mass is 273 g/mol. The fourth-order valence-corrected chi connectivity index (χ4v) is 1.60. The number of tetrazole rings is 1. The Morgan fingerprint density at radius 3 is 2.83 bits per heavy atom. The molecule has 2 heterocycles. The standard InChI is InChI=1S/C8H8ClN5O4/c1-3-4(9)5(15)14(7-10-12-13-11-7)6(3)18-8(16)17-2/h6H,1-2H3,(H,10,11,12,13). The summed E-state index contributed by atoms with van der Waals surface area (Å²) in [7, 11) is 1.15. The van der Waals surface area contributed by atoms with Gasteiger partial charge in [0.05, 0.1) is 7.11 Å². The predicted molar refractivity (Wildman–Crippen MR) is 57.5 cm³/mol. The van der Waals surface area contributed by atoms with Crippen LogP contribution in [-0.2, 0) is 14.3 Å². The van der Waals surface area contributed by atoms with E-state index in [0.29, 0.717) is 5.57 Å². The Balaban J connectivity index is 2.33. The molecular formula is C8H8ClN5O4. The van der Waals surface area contributed by atoms with Crippen LogP contribution in [0.2, 0.25) is 0 Å². The highest BCUT2D eigenvalue weighted by atomic mass is 35.5. The number of carbonyl (C=O) groups excluding carboxylic acids is 2. The summed E-state index contributed by atoms with van der Waals surface area (Å²) in [5, 5.41) is 12.7. The van der Waals surface area contributed by atoms with Crippen molar-refractivity contribution in [1.29, 1.82) is 0 Å². The molecule has 2 rings (SSSR count). The zero-order chi connectivity index (χ0) is 13.3. The van der Waals surface area contributed by atoms with Gasteiger partial charge in [0, 0.05) is 5.57 Å². The summed E-state index contributed by atoms with van der Waals surface area (Å²) >= 11 is 5.82. The quantitative estimate of drug-likeness (QED) is 0.765. The van der Waals surface area contributed by atoms with Gasteiger partial charge in [0.25, 0.3) is 11.9 Å². The van der Waals surface area contributed by atoms with Crippen molar-refractivity contribution in [2.45, 2.75) is 13.2 Å². The molecule has 9 nitrogen and oxygen atoms in total. The Morgan fingerprint density at radius 2 is 2.28 bits per heavy atom. The zero-order valence-electron chi connectivity index (χ0n) is 9.38. The van der Waals surface area contributed by atoms with Crippen LogP contribution in [0, 0.1) is 0 Å². The van der Waals surface area contributed by atoms with Gasteiger partial charge in [-0.2, -0.15) is 5.21 Å². The number of hydrogen-bond acceptors (Lipinski definition) is 7. The van der Waals surface area contributed by atoms with Crippen molar-refractivity contribution >= 4 is 29.6 Å². The summed E-state index contributed by atoms with van der Waals surface area (Å²) in [4.78, 5) is 24.0. The van der Waals surface area contributed by atoms with Gasteiger partial charge in [-0.3, -0.25) is 4.79 Å². The van der Waals surface area contributed by atoms with Gasteiger partial charge in [-0.25, -0.2) is 9.69 Å². The molecule has 0 spiro atoms. The van der Waals surface area contributed by atoms with Gasteiger partial charge in [0.1, 0.15) is 5.03 Å². The summed E-state index contributed by atoms with van der Waals surface area (Å²) in [6, 6.07) is 0. The molecule has 1 aromatic rings. The predicted octanol–water partition coefficient (Wildman–Crippen LogP) is 0.168. The number of methoxy groups -OCH3 is 1. The summed E-state index contributed by atoms with van der Waals surface area (Å²) in [5.74, 6) is -0.631. The lowest BCUT2D eigenvalue weighted by atomic mass is 10.3. The highest BCUT2D eigenvalue weighted by molar-refractivity contribution is 6.45. The van der Waals surface area contributed by atoms with E-state index in [2.05, 4.69) is 25.4 Å². The van der Waals surface area contributed by atoms with E-state index in [0.717, 1.165) is 12.0 Å². The molecule has 1 unspecified atom stereocenters. The minimum atomic E-state index is -1.05. The van der Waals surface area contributed by atoms with Gasteiger partial charge in [-0.05, 0) is 12.1 Å². The van der Waals surface area contributed by atoms with Crippen molar-refractivity contribution in [2.24, 2.45) is 0 Å². The van der Waals surface area contributed by atoms with Crippen LogP contribution in [0.3, 0.4) is 0 Å². The number of nitrogens with one attached hydrogen (secondary N) is 1. The van der Waals surface area contributed by atoms with Gasteiger partial charge < -0.3 is 9.47 Å². The van der Waals surface area contributed by atoms with Crippen molar-refractivity contribution in [3.05, 3.63) is 10.6 Å². The first kappa shape index (κ1) is 12.3. The molecule has 0 fully saturated rings. The second kappa shape index (κ2) is 4.61. The molecule has 0 saturated carbocycles. The molecule has 1 aliphatic rings. The molecule has 0 radical (unpaired) electrons. The third kappa shape index (κ3) is 1.88. The Kier molecular flexibility index (Phi) is 3.15. The number of amides is 1. The molecular weight excluding hydrogens is 266 g/mol. The molecule has 1 aliphatic heterocycles. The van der Waals surface area contributed by atoms with Crippen LogP contribution in [-0.4, -0.2) is 46.0 Å². The maximum atomic E-state index is 11.9. The SMILES string of the molecule is COC(=O)OC1C(C)=C(Cl)C(=O)N1c1nn[nH]n1. The van der Waals surface area contributed by atoms with Crippen LogP contribution in [0.1, 0.15) is 6.92 Å². The van der Waals surface area contributed by atoms with Crippen LogP contribution in [0.15, 0.2) is 10.6 Å². The molecule has 1 atom stereocenters. The van der Waals surface area contributed by atoms with E-state index < -0.39 is 18.3 Å². The van der Waals surface area contributed by atoms with Crippen LogP contribution in [0.5, 0.6) is 0 Å². The molecule has 1 amide bonds. The van der Waals surface area contributed by atoms with Crippen molar-refractivity contribution in [1.82, 2.24) is 20.6 Å². The Bertz CT molecular complexity index is 514. The number of anilines is 1. The van der Waals surface area contributed by atoms with E-state index in [-0.39, 0.29) is 11.0 Å². The van der Waals surface area contributed by atoms with Crippen LogP contribution in [0.4, 0.5) is 10.7 Å². The highest BCUT2D eigenvalue weighted by Gasteiger charge is 2.42. The molecule has 0 aliphatic carbocycles. The van der Waals surface area contributed by atoms with Gasteiger partial charge in [0.2, 0.25) is 6.23 Å². The Hall–Kier alpha value is -2.16. The molecule has 96 valence electrons. The molecule has 0 aromatic carbocycles. The number of ether oxygens (including phenoxy) is 2. The van der Waals surface area contributed by atoms with Crippen LogP contribution < -0.4 is 4.90 Å². The Morgan fingerprint density at radius 1 is 1.56 bits per heavy atom. The second-order valence-electron chi connectivity index (χ2n) is 3.31. The van der Waals surface area contributed by atoms with Gasteiger partial charge in [-0.15, -0.1) is 5.10 Å². The first-order chi connectivity index (χ1) is 8.56. The number of nitrogens with zero attached hydrogens (tertiary/aromatic N) is 4. The van der Waals surface area contributed by atoms with E-state index in [1.807, 2.05) is 0 Å². The Labute approximate surface area is 106 Å². The number of rotatable bonds is 2. The number of aromatic amines is 1. The van der Waals surface area contributed by atoms with E-state index in [9.17, 15) is 9.59 Å². The molecule has 0 saturated heterocycles. The lowest BCUT2D eigenvalue weighted by Gasteiger charge is -2.21. The summed E-state index contributed by atoms with van der Waals surface area (Å²) in [5.41, 5.74) is 0.358. The van der Waals surface area contributed by atoms with Crippen LogP contribution >= 0.6 is 11.6 Å². The zero-order valence-corrected chi connectivity index (χ0v) is 10.1. The average Bonchev–Trinajstić information content (AvgIpc) is 2.94. The molecule has 10 heteroatoms. The largest absolute Gasteiger partial charge is 0.510 e. The molecule has 1 aromatic heterocycles. The minimum Gasteiger partial charge on any atom is -0.438 e. The van der Waals surface area contributed by atoms with E-state index in [4.69, 9.17) is 16.3 Å². The minimum absolute atomic E-state index is 0.0519. The normalized spacial score (nSPS) is 19.4. The first-order valence-electron chi connectivity index (χ1n) is 4.74. The summed E-state index contributed by atoms with van der Waals surface area (Å²) in [6.45, 7) is 1.55. The number of hydrogen-bond donors (Lipinski definition) is 1. The summed E-state index contributed by atoms with van der Waals surface area (Å²) in [6.07, 6.45) is -2.00. The highest BCUT2D eigenvalue weighted by Crippen LogP contribution is 2.31. The topological polar surface area (TPSA) is 110 Å². The maximum absolute atomic E-state index is 11.9. The fourth-order valence-electron chi connectivity index (χ4n) is 1.42. The van der Waals surface area contributed by atoms with Crippen LogP contribution in [0.25, 0.3) is 0 Å². The van der Waals surface area contributed by atoms with Crippen molar-refractivity contribution in [3.63, 3.8) is 0 Å². The molecule has 1 N–H and O–H groups in total. The lowest BCUT2D eigenvalue weighted by Crippen LogP contribution is -2.39. The third-order valence-electron chi connectivity index (χ3n) is 2.28. The van der Waals surface area contributed by atoms with Crippen molar-refractivity contribution in [2.75, 3.05) is 12.0 Å². The van der Waals surface area contributed by atoms with E-state index in [1.165, 1.54) is 0 Å². The van der Waals surface area contributed by atoms with Crippen molar-refractivity contribution < 1.29 is 19.1 Å². The fraction of sp³-hybridized carbons (Fsp3) is 0.375. The third-order valence-corrected chi connectivity index (χ3v) is 2.74. The maximum Gasteiger partial charge on any atom is 0.510 e. The first-order valence-corrected chi connectivity index (χ1v) is 5.12. The van der Waals surface area contributed by atoms with Crippen molar-refractivity contribution in [3.8, 4) is 0 Å². The molecule has 0 bridgehead atoms. The average molecular weight is 274 g/mol. The molecule has 18 heavy (non-hydrogen) atoms. The van der Waals surface area contributed by atoms with E-state index in [1.54, 1.807) is 6.92 Å². The van der Waals surface area contributed by atoms with Gasteiger partial charge in [-0.1, -0.05) is 16.7 Å². The van der Waals surface area contributed by atoms with Gasteiger partial charge in [0.15, 0.2) is 0 Å². The number of aromatic nitrogens is 4. The number of H-pyrrole nitrogens is 1. The number of carbonyl (C=O) groups is 2. The lowest BCUT2D eigenvalue weighted by molar-refractivity contribution is -0.115. The number of halogens is 1. The summed E-state index contributed by atoms with van der Waals surface area (Å²) < 4.78 is 9.30.